The van der Waals surface area contributed by atoms with Crippen LogP contribution in [0.3, 0.4) is 0 Å². The monoisotopic (exact) mass is 210 g/mol. The molecular formula is C14H26O. The Bertz CT molecular complexity index is 209. The third kappa shape index (κ3) is 3.25. The Kier molecular flexibility index (Phi) is 4.24. The Morgan fingerprint density at radius 1 is 1.20 bits per heavy atom. The smallest absolute Gasteiger partial charge is 0.0982 e. The molecule has 15 heavy (non-hydrogen) atoms. The van der Waals surface area contributed by atoms with E-state index in [1.54, 1.807) is 0 Å². The average Bonchev–Trinajstić information content (AvgIpc) is 2.18. The first-order chi connectivity index (χ1) is 6.94. The molecule has 0 aromatic heterocycles. The molecular weight excluding hydrogens is 184 g/mol. The summed E-state index contributed by atoms with van der Waals surface area (Å²) in [6.07, 6.45) is 6.88. The van der Waals surface area contributed by atoms with E-state index in [4.69, 9.17) is 4.74 Å². The second-order valence-corrected chi connectivity index (χ2v) is 5.68. The standard InChI is InChI=1S/C14H26O/c1-11(2)14(4,5)12(3)15-13-9-7-6-8-10-13/h11,13H,3,6-10H2,1-2,4-5H3. The lowest BCUT2D eigenvalue weighted by Gasteiger charge is -2.34. The van der Waals surface area contributed by atoms with E-state index in [0.29, 0.717) is 12.0 Å². The van der Waals surface area contributed by atoms with Crippen LogP contribution in [0.1, 0.15) is 59.8 Å². The van der Waals surface area contributed by atoms with E-state index >= 15 is 0 Å². The number of allylic oxidation sites excluding steroid dienone is 1. The molecule has 0 amide bonds. The lowest BCUT2D eigenvalue weighted by molar-refractivity contribution is 0.0349. The molecule has 1 saturated carbocycles. The van der Waals surface area contributed by atoms with Crippen molar-refractivity contribution in [2.75, 3.05) is 0 Å². The number of hydrogen-bond acceptors (Lipinski definition) is 1. The minimum absolute atomic E-state index is 0.0947. The van der Waals surface area contributed by atoms with Crippen molar-refractivity contribution in [3.63, 3.8) is 0 Å². The Labute approximate surface area is 94.9 Å². The Balaban J connectivity index is 2.46. The summed E-state index contributed by atoms with van der Waals surface area (Å²) in [5.41, 5.74) is 0.0947. The third-order valence-electron chi connectivity index (χ3n) is 4.02. The molecule has 0 aliphatic heterocycles. The number of ether oxygens (including phenoxy) is 1. The van der Waals surface area contributed by atoms with Crippen molar-refractivity contribution in [2.45, 2.75) is 65.9 Å². The zero-order valence-electron chi connectivity index (χ0n) is 10.8. The van der Waals surface area contributed by atoms with Gasteiger partial charge in [-0.05, 0) is 31.6 Å². The molecule has 0 spiro atoms. The first kappa shape index (κ1) is 12.6. The largest absolute Gasteiger partial charge is 0.495 e. The van der Waals surface area contributed by atoms with Crippen LogP contribution >= 0.6 is 0 Å². The minimum Gasteiger partial charge on any atom is -0.495 e. The van der Waals surface area contributed by atoms with Gasteiger partial charge < -0.3 is 4.74 Å². The van der Waals surface area contributed by atoms with E-state index in [0.717, 1.165) is 5.76 Å². The zero-order chi connectivity index (χ0) is 11.5. The molecule has 0 aromatic carbocycles. The summed E-state index contributed by atoms with van der Waals surface area (Å²) < 4.78 is 6.02. The molecule has 0 atom stereocenters. The van der Waals surface area contributed by atoms with Gasteiger partial charge in [0.15, 0.2) is 0 Å². The molecule has 88 valence electrons. The molecule has 0 aromatic rings. The quantitative estimate of drug-likeness (QED) is 0.619. The van der Waals surface area contributed by atoms with Crippen LogP contribution in [0.4, 0.5) is 0 Å². The van der Waals surface area contributed by atoms with Crippen molar-refractivity contribution < 1.29 is 4.74 Å². The van der Waals surface area contributed by atoms with Gasteiger partial charge in [-0.2, -0.15) is 0 Å². The summed E-state index contributed by atoms with van der Waals surface area (Å²) in [6, 6.07) is 0. The minimum atomic E-state index is 0.0947. The van der Waals surface area contributed by atoms with Crippen LogP contribution in [0, 0.1) is 11.3 Å². The van der Waals surface area contributed by atoms with Gasteiger partial charge in [-0.25, -0.2) is 0 Å². The maximum atomic E-state index is 6.02. The highest BCUT2D eigenvalue weighted by Gasteiger charge is 2.29. The van der Waals surface area contributed by atoms with Gasteiger partial charge in [-0.1, -0.05) is 40.7 Å². The van der Waals surface area contributed by atoms with Crippen LogP contribution in [0.2, 0.25) is 0 Å². The topological polar surface area (TPSA) is 9.23 Å². The third-order valence-corrected chi connectivity index (χ3v) is 4.02. The highest BCUT2D eigenvalue weighted by atomic mass is 16.5. The van der Waals surface area contributed by atoms with E-state index < -0.39 is 0 Å². The van der Waals surface area contributed by atoms with Gasteiger partial charge in [0, 0.05) is 5.41 Å². The van der Waals surface area contributed by atoms with E-state index in [9.17, 15) is 0 Å². The zero-order valence-corrected chi connectivity index (χ0v) is 10.8. The maximum absolute atomic E-state index is 6.02. The first-order valence-electron chi connectivity index (χ1n) is 6.30. The van der Waals surface area contributed by atoms with Gasteiger partial charge in [-0.3, -0.25) is 0 Å². The van der Waals surface area contributed by atoms with E-state index in [2.05, 4.69) is 34.3 Å². The summed E-state index contributed by atoms with van der Waals surface area (Å²) in [6.45, 7) is 13.0. The van der Waals surface area contributed by atoms with Crippen LogP contribution < -0.4 is 0 Å². The van der Waals surface area contributed by atoms with Gasteiger partial charge in [0.25, 0.3) is 0 Å². The molecule has 1 aliphatic rings. The lowest BCUT2D eigenvalue weighted by atomic mass is 9.79. The van der Waals surface area contributed by atoms with Crippen LogP contribution in [-0.4, -0.2) is 6.10 Å². The van der Waals surface area contributed by atoms with Crippen molar-refractivity contribution in [1.82, 2.24) is 0 Å². The molecule has 1 aliphatic carbocycles. The molecule has 0 N–H and O–H groups in total. The highest BCUT2D eigenvalue weighted by molar-refractivity contribution is 5.01. The summed E-state index contributed by atoms with van der Waals surface area (Å²) in [7, 11) is 0. The van der Waals surface area contributed by atoms with Gasteiger partial charge in [0.05, 0.1) is 11.9 Å². The maximum Gasteiger partial charge on any atom is 0.0982 e. The van der Waals surface area contributed by atoms with Crippen LogP contribution in [0.15, 0.2) is 12.3 Å². The van der Waals surface area contributed by atoms with Crippen LogP contribution in [0.25, 0.3) is 0 Å². The SMILES string of the molecule is C=C(OC1CCCCC1)C(C)(C)C(C)C. The van der Waals surface area contributed by atoms with Crippen molar-refractivity contribution in [3.8, 4) is 0 Å². The fraction of sp³-hybridized carbons (Fsp3) is 0.857. The molecule has 0 radical (unpaired) electrons. The van der Waals surface area contributed by atoms with Crippen LogP contribution in [-0.2, 0) is 4.74 Å². The Morgan fingerprint density at radius 2 is 1.73 bits per heavy atom. The molecule has 1 rings (SSSR count). The highest BCUT2D eigenvalue weighted by Crippen LogP contribution is 2.36. The predicted octanol–water partition coefficient (Wildman–Crippen LogP) is 4.53. The number of rotatable bonds is 4. The fourth-order valence-corrected chi connectivity index (χ4v) is 1.86. The second-order valence-electron chi connectivity index (χ2n) is 5.68. The van der Waals surface area contributed by atoms with Gasteiger partial charge in [0.1, 0.15) is 0 Å². The first-order valence-corrected chi connectivity index (χ1v) is 6.30. The Hall–Kier alpha value is -0.460. The summed E-state index contributed by atoms with van der Waals surface area (Å²) >= 11 is 0. The van der Waals surface area contributed by atoms with Crippen LogP contribution in [0.5, 0.6) is 0 Å². The van der Waals surface area contributed by atoms with Crippen molar-refractivity contribution in [2.24, 2.45) is 11.3 Å². The second kappa shape index (κ2) is 5.05. The van der Waals surface area contributed by atoms with E-state index in [1.807, 2.05) is 0 Å². The summed E-state index contributed by atoms with van der Waals surface area (Å²) in [4.78, 5) is 0. The molecule has 0 bridgehead atoms. The lowest BCUT2D eigenvalue weighted by Crippen LogP contribution is -2.27. The van der Waals surface area contributed by atoms with Gasteiger partial charge >= 0.3 is 0 Å². The fourth-order valence-electron chi connectivity index (χ4n) is 1.86. The van der Waals surface area contributed by atoms with Gasteiger partial charge in [0.2, 0.25) is 0 Å². The Morgan fingerprint density at radius 3 is 2.20 bits per heavy atom. The molecule has 0 unspecified atom stereocenters. The average molecular weight is 210 g/mol. The van der Waals surface area contributed by atoms with E-state index in [-0.39, 0.29) is 5.41 Å². The molecule has 0 heterocycles. The summed E-state index contributed by atoms with van der Waals surface area (Å²) in [5.74, 6) is 1.55. The van der Waals surface area contributed by atoms with Gasteiger partial charge in [-0.15, -0.1) is 0 Å². The molecule has 1 fully saturated rings. The van der Waals surface area contributed by atoms with Crippen molar-refractivity contribution in [1.29, 1.82) is 0 Å². The summed E-state index contributed by atoms with van der Waals surface area (Å²) in [5, 5.41) is 0. The van der Waals surface area contributed by atoms with E-state index in [1.165, 1.54) is 32.1 Å². The number of hydrogen-bond donors (Lipinski definition) is 0. The van der Waals surface area contributed by atoms with Crippen molar-refractivity contribution >= 4 is 0 Å². The van der Waals surface area contributed by atoms with Crippen molar-refractivity contribution in [3.05, 3.63) is 12.3 Å². The molecule has 0 saturated heterocycles. The predicted molar refractivity (Wildman–Crippen MR) is 65.7 cm³/mol. The normalized spacial score (nSPS) is 19.3. The molecule has 1 heteroatoms. The molecule has 1 nitrogen and oxygen atoms in total.